The summed E-state index contributed by atoms with van der Waals surface area (Å²) in [6, 6.07) is 7.13. The van der Waals surface area contributed by atoms with E-state index in [1.807, 2.05) is 43.1 Å². The number of ketones is 1. The van der Waals surface area contributed by atoms with Crippen LogP contribution in [0.1, 0.15) is 29.4 Å². The number of fused-ring (bicyclic) bond motifs is 2. The predicted octanol–water partition coefficient (Wildman–Crippen LogP) is 1.24. The molecule has 4 heterocycles. The number of Topliss-reactive ketones (excluding diaryl/α,β-unsaturated/α-hetero) is 1. The normalized spacial score (nSPS) is 23.1. The molecule has 2 saturated heterocycles. The number of benzene rings is 1. The van der Waals surface area contributed by atoms with Gasteiger partial charge in [0.2, 0.25) is 0 Å². The SMILES string of the molecule is CCCN1C(N2CCN(CC(=O)c3c(C)n(C)c4ccccc34)CC2)=NC2C1C(=O)NC(=O)N2C. The van der Waals surface area contributed by atoms with Crippen LogP contribution < -0.4 is 5.32 Å². The number of aryl methyl sites for hydroxylation is 1. The number of piperazine rings is 1. The molecule has 1 aromatic heterocycles. The minimum atomic E-state index is -0.508. The number of amides is 3. The van der Waals surface area contributed by atoms with Crippen molar-refractivity contribution < 1.29 is 14.4 Å². The molecule has 0 bridgehead atoms. The molecule has 3 aliphatic rings. The highest BCUT2D eigenvalue weighted by Gasteiger charge is 2.49. The third-order valence-electron chi connectivity index (χ3n) is 7.50. The minimum Gasteiger partial charge on any atom is -0.347 e. The Kier molecular flexibility index (Phi) is 6.00. The standard InChI is InChI=1S/C25H33N7O3/c1-5-10-32-21-22(29(4)25(35)27-23(21)34)26-24(32)31-13-11-30(12-14-31)15-19(33)20-16(2)28(3)18-9-7-6-8-17(18)20/h6-9,21-22H,5,10-15H2,1-4H3,(H,27,34,35). The molecule has 2 atom stereocenters. The average Bonchev–Trinajstić information content (AvgIpc) is 3.34. The van der Waals surface area contributed by atoms with E-state index >= 15 is 0 Å². The second-order valence-corrected chi connectivity index (χ2v) is 9.61. The van der Waals surface area contributed by atoms with Crippen LogP contribution in [0.4, 0.5) is 4.79 Å². The van der Waals surface area contributed by atoms with Crippen LogP contribution in [0.3, 0.4) is 0 Å². The van der Waals surface area contributed by atoms with Gasteiger partial charge in [-0.15, -0.1) is 0 Å². The Bertz CT molecular complexity index is 1210. The Morgan fingerprint density at radius 3 is 2.54 bits per heavy atom. The molecule has 2 fully saturated rings. The summed E-state index contributed by atoms with van der Waals surface area (Å²) >= 11 is 0. The van der Waals surface area contributed by atoms with Gasteiger partial charge in [0.25, 0.3) is 5.91 Å². The number of hydrogen-bond donors (Lipinski definition) is 1. The number of carbonyl (C=O) groups is 3. The van der Waals surface area contributed by atoms with Crippen molar-refractivity contribution in [1.82, 2.24) is 29.5 Å². The first-order valence-electron chi connectivity index (χ1n) is 12.3. The Labute approximate surface area is 205 Å². The maximum atomic E-state index is 13.3. The van der Waals surface area contributed by atoms with Crippen LogP contribution in [0.5, 0.6) is 0 Å². The summed E-state index contributed by atoms with van der Waals surface area (Å²) in [6.07, 6.45) is 0.359. The highest BCUT2D eigenvalue weighted by atomic mass is 16.2. The largest absolute Gasteiger partial charge is 0.347 e. The van der Waals surface area contributed by atoms with Gasteiger partial charge in [0.1, 0.15) is 0 Å². The number of urea groups is 1. The van der Waals surface area contributed by atoms with Crippen LogP contribution >= 0.6 is 0 Å². The number of rotatable bonds is 5. The fourth-order valence-electron chi connectivity index (χ4n) is 5.52. The van der Waals surface area contributed by atoms with E-state index in [-0.39, 0.29) is 11.7 Å². The van der Waals surface area contributed by atoms with Crippen molar-refractivity contribution in [3.63, 3.8) is 0 Å². The number of likely N-dealkylation sites (N-methyl/N-ethyl adjacent to an activating group) is 1. The van der Waals surface area contributed by atoms with Crippen LogP contribution in [0.25, 0.3) is 10.9 Å². The van der Waals surface area contributed by atoms with Crippen LogP contribution in [0.2, 0.25) is 0 Å². The predicted molar refractivity (Wildman–Crippen MR) is 133 cm³/mol. The average molecular weight is 480 g/mol. The highest BCUT2D eigenvalue weighted by Crippen LogP contribution is 2.27. The Morgan fingerprint density at radius 2 is 1.83 bits per heavy atom. The van der Waals surface area contributed by atoms with Crippen molar-refractivity contribution in [3.8, 4) is 0 Å². The van der Waals surface area contributed by atoms with E-state index in [0.29, 0.717) is 26.2 Å². The molecule has 0 spiro atoms. The quantitative estimate of drug-likeness (QED) is 0.649. The third kappa shape index (κ3) is 3.85. The molecule has 1 aromatic carbocycles. The van der Waals surface area contributed by atoms with Gasteiger partial charge in [-0.1, -0.05) is 25.1 Å². The Morgan fingerprint density at radius 1 is 1.11 bits per heavy atom. The molecule has 0 radical (unpaired) electrons. The molecule has 0 saturated carbocycles. The zero-order valence-electron chi connectivity index (χ0n) is 20.8. The smallest absolute Gasteiger partial charge is 0.325 e. The molecule has 1 N–H and O–H groups in total. The van der Waals surface area contributed by atoms with E-state index < -0.39 is 18.2 Å². The van der Waals surface area contributed by atoms with Gasteiger partial charge in [0, 0.05) is 69.0 Å². The number of aromatic nitrogens is 1. The Hall–Kier alpha value is -3.40. The minimum absolute atomic E-state index is 0.140. The maximum absolute atomic E-state index is 13.3. The Balaban J connectivity index is 1.28. The van der Waals surface area contributed by atoms with Crippen molar-refractivity contribution in [1.29, 1.82) is 0 Å². The van der Waals surface area contributed by atoms with Crippen molar-refractivity contribution in [2.75, 3.05) is 46.3 Å². The van der Waals surface area contributed by atoms with Gasteiger partial charge in [0.15, 0.2) is 24.0 Å². The molecule has 10 nitrogen and oxygen atoms in total. The fraction of sp³-hybridized carbons (Fsp3) is 0.520. The lowest BCUT2D eigenvalue weighted by Gasteiger charge is -2.40. The van der Waals surface area contributed by atoms with E-state index in [1.165, 1.54) is 4.90 Å². The molecule has 2 unspecified atom stereocenters. The third-order valence-corrected chi connectivity index (χ3v) is 7.50. The number of guanidine groups is 1. The van der Waals surface area contributed by atoms with Gasteiger partial charge in [-0.25, -0.2) is 9.79 Å². The summed E-state index contributed by atoms with van der Waals surface area (Å²) < 4.78 is 2.08. The summed E-state index contributed by atoms with van der Waals surface area (Å²) in [5.74, 6) is 0.621. The highest BCUT2D eigenvalue weighted by molar-refractivity contribution is 6.10. The van der Waals surface area contributed by atoms with E-state index in [4.69, 9.17) is 4.99 Å². The molecule has 3 amide bonds. The van der Waals surface area contributed by atoms with Gasteiger partial charge in [-0.2, -0.15) is 0 Å². The van der Waals surface area contributed by atoms with Crippen molar-refractivity contribution in [2.45, 2.75) is 32.5 Å². The van der Waals surface area contributed by atoms with Crippen molar-refractivity contribution >= 4 is 34.6 Å². The molecule has 186 valence electrons. The molecule has 35 heavy (non-hydrogen) atoms. The lowest BCUT2D eigenvalue weighted by Crippen LogP contribution is -2.64. The molecule has 10 heteroatoms. The van der Waals surface area contributed by atoms with Crippen molar-refractivity contribution in [2.24, 2.45) is 12.0 Å². The number of aliphatic imine (C=N–C) groups is 1. The van der Waals surface area contributed by atoms with E-state index in [0.717, 1.165) is 47.6 Å². The summed E-state index contributed by atoms with van der Waals surface area (Å²) in [5, 5.41) is 3.45. The molecule has 5 rings (SSSR count). The fourth-order valence-corrected chi connectivity index (χ4v) is 5.52. The summed E-state index contributed by atoms with van der Waals surface area (Å²) in [5.41, 5.74) is 2.87. The molecule has 2 aromatic rings. The van der Waals surface area contributed by atoms with E-state index in [1.54, 1.807) is 7.05 Å². The van der Waals surface area contributed by atoms with E-state index in [2.05, 4.69) is 26.6 Å². The van der Waals surface area contributed by atoms with Gasteiger partial charge in [-0.3, -0.25) is 19.8 Å². The first-order valence-corrected chi connectivity index (χ1v) is 12.3. The van der Waals surface area contributed by atoms with E-state index in [9.17, 15) is 14.4 Å². The zero-order valence-corrected chi connectivity index (χ0v) is 20.8. The molecular formula is C25H33N7O3. The first-order chi connectivity index (χ1) is 16.8. The van der Waals surface area contributed by atoms with Crippen LogP contribution in [-0.2, 0) is 11.8 Å². The second kappa shape index (κ2) is 8.99. The maximum Gasteiger partial charge on any atom is 0.325 e. The second-order valence-electron chi connectivity index (χ2n) is 9.61. The molecular weight excluding hydrogens is 446 g/mol. The van der Waals surface area contributed by atoms with Gasteiger partial charge >= 0.3 is 6.03 Å². The van der Waals surface area contributed by atoms with Gasteiger partial charge < -0.3 is 19.3 Å². The zero-order chi connectivity index (χ0) is 24.9. The summed E-state index contributed by atoms with van der Waals surface area (Å²) in [7, 11) is 3.68. The van der Waals surface area contributed by atoms with Crippen LogP contribution in [0, 0.1) is 6.92 Å². The van der Waals surface area contributed by atoms with Crippen LogP contribution in [0.15, 0.2) is 29.3 Å². The lowest BCUT2D eigenvalue weighted by atomic mass is 10.1. The summed E-state index contributed by atoms with van der Waals surface area (Å²) in [4.78, 5) is 50.8. The van der Waals surface area contributed by atoms with Crippen molar-refractivity contribution in [3.05, 3.63) is 35.5 Å². The molecule has 3 aliphatic heterocycles. The lowest BCUT2D eigenvalue weighted by molar-refractivity contribution is -0.127. The topological polar surface area (TPSA) is 93.5 Å². The van der Waals surface area contributed by atoms with Crippen LogP contribution in [-0.4, -0.2) is 106 Å². The summed E-state index contributed by atoms with van der Waals surface area (Å²) in [6.45, 7) is 8.00. The number of para-hydroxylation sites is 1. The van der Waals surface area contributed by atoms with Gasteiger partial charge in [0.05, 0.1) is 6.54 Å². The number of imide groups is 1. The first kappa shape index (κ1) is 23.3. The number of nitrogens with one attached hydrogen (secondary N) is 1. The molecule has 0 aliphatic carbocycles. The number of hydrogen-bond acceptors (Lipinski definition) is 7. The monoisotopic (exact) mass is 479 g/mol. The number of carbonyl (C=O) groups excluding carboxylic acids is 3. The number of nitrogens with zero attached hydrogens (tertiary/aromatic N) is 6. The van der Waals surface area contributed by atoms with Gasteiger partial charge in [-0.05, 0) is 19.4 Å².